The highest BCUT2D eigenvalue weighted by atomic mass is 32.2. The molecule has 0 radical (unpaired) electrons. The number of hydrogen-bond acceptors (Lipinski definition) is 4. The summed E-state index contributed by atoms with van der Waals surface area (Å²) in [6.07, 6.45) is 4.05. The Morgan fingerprint density at radius 1 is 1.41 bits per heavy atom. The number of phenolic OH excluding ortho intramolecular Hbond substituents is 1. The zero-order valence-corrected chi connectivity index (χ0v) is 10.6. The number of aromatic hydroxyl groups is 1. The van der Waals surface area contributed by atoms with Crippen molar-refractivity contribution in [2.45, 2.75) is 29.6 Å². The summed E-state index contributed by atoms with van der Waals surface area (Å²) >= 11 is 0. The van der Waals surface area contributed by atoms with E-state index in [1.807, 2.05) is 0 Å². The second-order valence-corrected chi connectivity index (χ2v) is 6.80. The summed E-state index contributed by atoms with van der Waals surface area (Å²) in [6.45, 7) is 0.438. The molecule has 4 nitrogen and oxygen atoms in total. The van der Waals surface area contributed by atoms with Gasteiger partial charge in [0.05, 0.1) is 4.90 Å². The van der Waals surface area contributed by atoms with E-state index in [0.717, 1.165) is 19.3 Å². The van der Waals surface area contributed by atoms with Crippen LogP contribution in [0.2, 0.25) is 0 Å². The van der Waals surface area contributed by atoms with Crippen molar-refractivity contribution in [3.05, 3.63) is 23.8 Å². The van der Waals surface area contributed by atoms with Gasteiger partial charge in [-0.15, -0.1) is 0 Å². The van der Waals surface area contributed by atoms with E-state index in [-0.39, 0.29) is 16.1 Å². The Balaban J connectivity index is 2.54. The highest BCUT2D eigenvalue weighted by Crippen LogP contribution is 2.46. The van der Waals surface area contributed by atoms with Gasteiger partial charge in [-0.3, -0.25) is 0 Å². The van der Waals surface area contributed by atoms with Crippen LogP contribution < -0.4 is 5.73 Å². The van der Waals surface area contributed by atoms with Crippen molar-refractivity contribution in [2.24, 2.45) is 5.73 Å². The average molecular weight is 255 g/mol. The fourth-order valence-electron chi connectivity index (χ4n) is 2.36. The normalized spacial score (nSPS) is 18.7. The summed E-state index contributed by atoms with van der Waals surface area (Å²) < 4.78 is 23.0. The smallest absolute Gasteiger partial charge is 0.175 e. The van der Waals surface area contributed by atoms with Crippen molar-refractivity contribution in [3.8, 4) is 5.75 Å². The van der Waals surface area contributed by atoms with E-state index < -0.39 is 9.84 Å². The van der Waals surface area contributed by atoms with E-state index in [0.29, 0.717) is 12.1 Å². The predicted molar refractivity (Wildman–Crippen MR) is 65.8 cm³/mol. The molecule has 3 N–H and O–H groups in total. The molecule has 1 aliphatic rings. The molecule has 0 saturated heterocycles. The predicted octanol–water partition coefficient (Wildman–Crippen LogP) is 1.18. The molecule has 0 heterocycles. The first kappa shape index (κ1) is 12.4. The van der Waals surface area contributed by atoms with E-state index in [2.05, 4.69) is 0 Å². The van der Waals surface area contributed by atoms with Crippen LogP contribution in [-0.2, 0) is 15.3 Å². The molecular formula is C12H17NO3S. The van der Waals surface area contributed by atoms with Gasteiger partial charge in [0.2, 0.25) is 0 Å². The Morgan fingerprint density at radius 2 is 2.06 bits per heavy atom. The van der Waals surface area contributed by atoms with E-state index in [1.54, 1.807) is 6.07 Å². The van der Waals surface area contributed by atoms with Gasteiger partial charge in [-0.05, 0) is 31.0 Å². The molecule has 1 aromatic rings. The summed E-state index contributed by atoms with van der Waals surface area (Å²) in [5.41, 5.74) is 6.21. The first-order chi connectivity index (χ1) is 7.89. The van der Waals surface area contributed by atoms with Crippen LogP contribution in [0.25, 0.3) is 0 Å². The highest BCUT2D eigenvalue weighted by Gasteiger charge is 2.39. The molecule has 1 fully saturated rings. The van der Waals surface area contributed by atoms with Gasteiger partial charge in [0.1, 0.15) is 5.75 Å². The van der Waals surface area contributed by atoms with E-state index in [4.69, 9.17) is 5.73 Å². The number of sulfone groups is 1. The summed E-state index contributed by atoms with van der Waals surface area (Å²) in [5.74, 6) is 0.141. The van der Waals surface area contributed by atoms with E-state index >= 15 is 0 Å². The molecule has 94 valence electrons. The van der Waals surface area contributed by atoms with Crippen molar-refractivity contribution in [1.82, 2.24) is 0 Å². The van der Waals surface area contributed by atoms with Gasteiger partial charge in [0.25, 0.3) is 0 Å². The molecular weight excluding hydrogens is 238 g/mol. The zero-order valence-electron chi connectivity index (χ0n) is 9.81. The third-order valence-electron chi connectivity index (χ3n) is 3.67. The molecule has 0 unspecified atom stereocenters. The first-order valence-corrected chi connectivity index (χ1v) is 7.52. The van der Waals surface area contributed by atoms with Crippen LogP contribution in [0.1, 0.15) is 24.8 Å². The molecule has 2 rings (SSSR count). The lowest BCUT2D eigenvalue weighted by atomic mass is 9.64. The lowest BCUT2D eigenvalue weighted by molar-refractivity contribution is 0.244. The summed E-state index contributed by atoms with van der Waals surface area (Å²) in [6, 6.07) is 4.44. The summed E-state index contributed by atoms with van der Waals surface area (Å²) in [4.78, 5) is 0.241. The Bertz CT molecular complexity index is 527. The molecule has 0 amide bonds. The largest absolute Gasteiger partial charge is 0.508 e. The Labute approximate surface area is 101 Å². The lowest BCUT2D eigenvalue weighted by Crippen LogP contribution is -2.41. The average Bonchev–Trinajstić information content (AvgIpc) is 2.18. The molecule has 0 aliphatic heterocycles. The minimum atomic E-state index is -3.25. The van der Waals surface area contributed by atoms with Crippen LogP contribution in [0, 0.1) is 0 Å². The molecule has 0 atom stereocenters. The van der Waals surface area contributed by atoms with Gasteiger partial charge in [-0.1, -0.05) is 6.42 Å². The standard InChI is InChI=1S/C12H17NO3S/c1-17(15,16)9-3-4-11(14)10(7-9)12(8-13)5-2-6-12/h3-4,7,14H,2,5-6,8,13H2,1H3. The molecule has 1 aliphatic carbocycles. The first-order valence-electron chi connectivity index (χ1n) is 5.63. The van der Waals surface area contributed by atoms with Gasteiger partial charge >= 0.3 is 0 Å². The summed E-state index contributed by atoms with van der Waals surface area (Å²) in [5, 5.41) is 9.88. The minimum absolute atomic E-state index is 0.141. The van der Waals surface area contributed by atoms with Gasteiger partial charge in [0.15, 0.2) is 9.84 Å². The van der Waals surface area contributed by atoms with Crippen LogP contribution in [0.3, 0.4) is 0 Å². The maximum absolute atomic E-state index is 11.5. The fourth-order valence-corrected chi connectivity index (χ4v) is 3.00. The minimum Gasteiger partial charge on any atom is -0.508 e. The second-order valence-electron chi connectivity index (χ2n) is 4.79. The van der Waals surface area contributed by atoms with Crippen LogP contribution in [-0.4, -0.2) is 26.3 Å². The molecule has 0 aromatic heterocycles. The van der Waals surface area contributed by atoms with Crippen LogP contribution in [0.15, 0.2) is 23.1 Å². The van der Waals surface area contributed by atoms with Gasteiger partial charge < -0.3 is 10.8 Å². The fraction of sp³-hybridized carbons (Fsp3) is 0.500. The van der Waals surface area contributed by atoms with Crippen LogP contribution >= 0.6 is 0 Å². The monoisotopic (exact) mass is 255 g/mol. The van der Waals surface area contributed by atoms with Crippen LogP contribution in [0.5, 0.6) is 5.75 Å². The zero-order chi connectivity index (χ0) is 12.7. The number of phenols is 1. The van der Waals surface area contributed by atoms with Crippen molar-refractivity contribution in [1.29, 1.82) is 0 Å². The Kier molecular flexibility index (Phi) is 2.91. The lowest BCUT2D eigenvalue weighted by Gasteiger charge is -2.41. The second kappa shape index (κ2) is 3.99. The van der Waals surface area contributed by atoms with Crippen molar-refractivity contribution < 1.29 is 13.5 Å². The third kappa shape index (κ3) is 2.05. The quantitative estimate of drug-likeness (QED) is 0.849. The number of benzene rings is 1. The number of hydrogen-bond donors (Lipinski definition) is 2. The molecule has 5 heteroatoms. The molecule has 0 spiro atoms. The molecule has 1 saturated carbocycles. The van der Waals surface area contributed by atoms with Gasteiger partial charge in [0, 0.05) is 23.8 Å². The van der Waals surface area contributed by atoms with E-state index in [9.17, 15) is 13.5 Å². The Hall–Kier alpha value is -1.07. The van der Waals surface area contributed by atoms with Crippen molar-refractivity contribution in [3.63, 3.8) is 0 Å². The maximum atomic E-state index is 11.5. The molecule has 1 aromatic carbocycles. The van der Waals surface area contributed by atoms with Crippen molar-refractivity contribution in [2.75, 3.05) is 12.8 Å². The summed E-state index contributed by atoms with van der Waals surface area (Å²) in [7, 11) is -3.25. The third-order valence-corrected chi connectivity index (χ3v) is 4.78. The molecule has 0 bridgehead atoms. The molecule has 17 heavy (non-hydrogen) atoms. The number of nitrogens with two attached hydrogens (primary N) is 1. The van der Waals surface area contributed by atoms with Gasteiger partial charge in [-0.25, -0.2) is 8.42 Å². The SMILES string of the molecule is CS(=O)(=O)c1ccc(O)c(C2(CN)CCC2)c1. The van der Waals surface area contributed by atoms with E-state index in [1.165, 1.54) is 18.4 Å². The van der Waals surface area contributed by atoms with Crippen molar-refractivity contribution >= 4 is 9.84 Å². The Morgan fingerprint density at radius 3 is 2.47 bits per heavy atom. The number of rotatable bonds is 3. The highest BCUT2D eigenvalue weighted by molar-refractivity contribution is 7.90. The topological polar surface area (TPSA) is 80.4 Å². The van der Waals surface area contributed by atoms with Crippen LogP contribution in [0.4, 0.5) is 0 Å². The van der Waals surface area contributed by atoms with Gasteiger partial charge in [-0.2, -0.15) is 0 Å². The maximum Gasteiger partial charge on any atom is 0.175 e.